The minimum Gasteiger partial charge on any atom is -0.493 e. The fourth-order valence-electron chi connectivity index (χ4n) is 3.44. The van der Waals surface area contributed by atoms with Gasteiger partial charge in [0.1, 0.15) is 5.60 Å². The minimum atomic E-state index is -0.816. The van der Waals surface area contributed by atoms with Crippen LogP contribution >= 0.6 is 0 Å². The molecule has 2 rings (SSSR count). The van der Waals surface area contributed by atoms with Crippen molar-refractivity contribution in [1.82, 2.24) is 9.99 Å². The zero-order chi connectivity index (χ0) is 19.6. The van der Waals surface area contributed by atoms with Crippen molar-refractivity contribution in [2.75, 3.05) is 12.5 Å². The monoisotopic (exact) mass is 367 g/mol. The predicted molar refractivity (Wildman–Crippen MR) is 97.2 cm³/mol. The maximum Gasteiger partial charge on any atom is 0.408 e. The Balaban J connectivity index is 2.34. The van der Waals surface area contributed by atoms with Gasteiger partial charge in [-0.25, -0.2) is 4.79 Å². The third-order valence-electron chi connectivity index (χ3n) is 4.65. The summed E-state index contributed by atoms with van der Waals surface area (Å²) in [6.07, 6.45) is 2.92. The fraction of sp³-hybridized carbons (Fsp3) is 0.667. The number of ketones is 1. The van der Waals surface area contributed by atoms with Gasteiger partial charge in [0.2, 0.25) is 11.8 Å². The molecule has 146 valence electrons. The molecule has 0 spiro atoms. The second-order valence-electron chi connectivity index (χ2n) is 7.74. The van der Waals surface area contributed by atoms with E-state index in [1.54, 1.807) is 27.7 Å². The number of aromatic hydroxyl groups is 2. The van der Waals surface area contributed by atoms with Crippen LogP contribution in [0, 0.1) is 12.8 Å². The van der Waals surface area contributed by atoms with E-state index in [1.165, 1.54) is 7.05 Å². The first-order chi connectivity index (χ1) is 12.1. The summed E-state index contributed by atoms with van der Waals surface area (Å²) in [5.41, 5.74) is 2.20. The molecule has 0 aliphatic heterocycles. The van der Waals surface area contributed by atoms with Crippen LogP contribution in [-0.2, 0) is 4.74 Å². The van der Waals surface area contributed by atoms with Crippen LogP contribution in [0.2, 0.25) is 0 Å². The molecule has 0 radical (unpaired) electrons. The van der Waals surface area contributed by atoms with Crippen molar-refractivity contribution in [2.24, 2.45) is 5.92 Å². The van der Waals surface area contributed by atoms with Crippen molar-refractivity contribution in [3.63, 3.8) is 0 Å². The van der Waals surface area contributed by atoms with Crippen molar-refractivity contribution in [3.05, 3.63) is 11.1 Å². The maximum absolute atomic E-state index is 13.2. The zero-order valence-corrected chi connectivity index (χ0v) is 16.0. The molecule has 8 nitrogen and oxygen atoms in total. The first kappa shape index (κ1) is 19.9. The molecule has 1 amide bonds. The number of nitrogens with one attached hydrogen (secondary N) is 2. The second-order valence-corrected chi connectivity index (χ2v) is 7.74. The molecule has 0 aromatic carbocycles. The van der Waals surface area contributed by atoms with Crippen molar-refractivity contribution in [3.8, 4) is 11.8 Å². The topological polar surface area (TPSA) is 113 Å². The van der Waals surface area contributed by atoms with E-state index < -0.39 is 23.5 Å². The normalized spacial score (nSPS) is 16.3. The summed E-state index contributed by atoms with van der Waals surface area (Å²) in [4.78, 5) is 25.4. The van der Waals surface area contributed by atoms with Crippen LogP contribution in [0.25, 0.3) is 0 Å². The SMILES string of the molecule is CNn1c(O)c(C)c(C(=O)[C@@H](NC(=O)OC(C)(C)C)C2CCCC2)c1O. The molecule has 1 atom stereocenters. The van der Waals surface area contributed by atoms with Gasteiger partial charge in [-0.1, -0.05) is 12.8 Å². The number of aromatic nitrogens is 1. The molecule has 1 aromatic rings. The van der Waals surface area contributed by atoms with Gasteiger partial charge in [0, 0.05) is 12.6 Å². The van der Waals surface area contributed by atoms with E-state index in [2.05, 4.69) is 10.7 Å². The molecular weight excluding hydrogens is 338 g/mol. The molecule has 0 bridgehead atoms. The number of hydrogen-bond acceptors (Lipinski definition) is 6. The van der Waals surface area contributed by atoms with E-state index in [-0.39, 0.29) is 28.8 Å². The summed E-state index contributed by atoms with van der Waals surface area (Å²) in [6.45, 7) is 6.80. The van der Waals surface area contributed by atoms with Gasteiger partial charge in [-0.2, -0.15) is 4.68 Å². The Labute approximate surface area is 153 Å². The molecule has 1 fully saturated rings. The van der Waals surface area contributed by atoms with Gasteiger partial charge in [0.25, 0.3) is 0 Å². The van der Waals surface area contributed by atoms with Crippen LogP contribution < -0.4 is 10.7 Å². The summed E-state index contributed by atoms with van der Waals surface area (Å²) in [6, 6.07) is -0.816. The average Bonchev–Trinajstić information content (AvgIpc) is 3.11. The Morgan fingerprint density at radius 3 is 2.23 bits per heavy atom. The third-order valence-corrected chi connectivity index (χ3v) is 4.65. The van der Waals surface area contributed by atoms with Gasteiger partial charge >= 0.3 is 6.09 Å². The summed E-state index contributed by atoms with van der Waals surface area (Å²) >= 11 is 0. The molecule has 26 heavy (non-hydrogen) atoms. The van der Waals surface area contributed by atoms with Crippen molar-refractivity contribution >= 4 is 11.9 Å². The number of Topliss-reactive ketones (excluding diaryl/α,β-unsaturated/α-hetero) is 1. The quantitative estimate of drug-likeness (QED) is 0.595. The highest BCUT2D eigenvalue weighted by Gasteiger charge is 2.37. The van der Waals surface area contributed by atoms with E-state index in [0.717, 1.165) is 30.4 Å². The van der Waals surface area contributed by atoms with Gasteiger partial charge < -0.3 is 25.7 Å². The number of alkyl carbamates (subject to hydrolysis) is 1. The second kappa shape index (κ2) is 7.47. The lowest BCUT2D eigenvalue weighted by molar-refractivity contribution is 0.0470. The van der Waals surface area contributed by atoms with E-state index in [1.807, 2.05) is 0 Å². The van der Waals surface area contributed by atoms with Crippen molar-refractivity contribution in [1.29, 1.82) is 0 Å². The van der Waals surface area contributed by atoms with Gasteiger partial charge in [-0.15, -0.1) is 0 Å². The van der Waals surface area contributed by atoms with Crippen LogP contribution in [0.4, 0.5) is 4.79 Å². The molecule has 0 saturated heterocycles. The van der Waals surface area contributed by atoms with Gasteiger partial charge in [0.15, 0.2) is 5.78 Å². The molecule has 8 heteroatoms. The lowest BCUT2D eigenvalue weighted by atomic mass is 9.90. The zero-order valence-electron chi connectivity index (χ0n) is 16.0. The van der Waals surface area contributed by atoms with E-state index in [0.29, 0.717) is 0 Å². The summed E-state index contributed by atoms with van der Waals surface area (Å²) < 4.78 is 6.32. The largest absolute Gasteiger partial charge is 0.493 e. The average molecular weight is 367 g/mol. The van der Waals surface area contributed by atoms with Crippen LogP contribution in [0.15, 0.2) is 0 Å². The Hall–Kier alpha value is -2.38. The molecule has 1 aromatic heterocycles. The minimum absolute atomic E-state index is 0.00445. The Morgan fingerprint density at radius 1 is 1.19 bits per heavy atom. The van der Waals surface area contributed by atoms with Gasteiger partial charge in [0.05, 0.1) is 11.6 Å². The molecule has 1 saturated carbocycles. The Morgan fingerprint density at radius 2 is 1.77 bits per heavy atom. The summed E-state index contributed by atoms with van der Waals surface area (Å²) in [5, 5.41) is 23.1. The number of rotatable bonds is 5. The maximum atomic E-state index is 13.2. The fourth-order valence-corrected chi connectivity index (χ4v) is 3.44. The molecule has 1 aliphatic rings. The number of amides is 1. The van der Waals surface area contributed by atoms with Gasteiger partial charge in [-0.3, -0.25) is 4.79 Å². The van der Waals surface area contributed by atoms with Crippen LogP contribution in [0.5, 0.6) is 11.8 Å². The summed E-state index contributed by atoms with van der Waals surface area (Å²) in [5.74, 6) is -1.08. The third kappa shape index (κ3) is 4.05. The van der Waals surface area contributed by atoms with E-state index in [4.69, 9.17) is 4.74 Å². The van der Waals surface area contributed by atoms with E-state index >= 15 is 0 Å². The molecule has 0 unspecified atom stereocenters. The smallest absolute Gasteiger partial charge is 0.408 e. The first-order valence-corrected chi connectivity index (χ1v) is 8.91. The molecule has 1 aliphatic carbocycles. The Bertz CT molecular complexity index is 684. The van der Waals surface area contributed by atoms with Crippen molar-refractivity contribution < 1.29 is 24.5 Å². The van der Waals surface area contributed by atoms with Gasteiger partial charge in [-0.05, 0) is 46.5 Å². The highest BCUT2D eigenvalue weighted by atomic mass is 16.6. The number of ether oxygens (including phenoxy) is 1. The molecule has 1 heterocycles. The van der Waals surface area contributed by atoms with Crippen LogP contribution in [0.1, 0.15) is 62.4 Å². The standard InChI is InChI=1S/C18H29N3O5/c1-10-12(16(24)21(19-5)15(10)23)14(22)13(11-8-6-7-9-11)20-17(25)26-18(2,3)4/h11,13,19,23-24H,6-9H2,1-5H3,(H,20,25)/t13-/m0/s1. The van der Waals surface area contributed by atoms with Crippen LogP contribution in [-0.4, -0.2) is 45.5 Å². The van der Waals surface area contributed by atoms with Crippen molar-refractivity contribution in [2.45, 2.75) is 65.0 Å². The highest BCUT2D eigenvalue weighted by Crippen LogP contribution is 2.36. The number of hydrogen-bond donors (Lipinski definition) is 4. The lowest BCUT2D eigenvalue weighted by Crippen LogP contribution is -2.47. The number of carbonyl (C=O) groups excluding carboxylic acids is 2. The van der Waals surface area contributed by atoms with Crippen LogP contribution in [0.3, 0.4) is 0 Å². The molecule has 4 N–H and O–H groups in total. The number of carbonyl (C=O) groups is 2. The summed E-state index contributed by atoms with van der Waals surface area (Å²) in [7, 11) is 1.51. The lowest BCUT2D eigenvalue weighted by Gasteiger charge is -2.26. The highest BCUT2D eigenvalue weighted by molar-refractivity contribution is 6.05. The van der Waals surface area contributed by atoms with E-state index in [9.17, 15) is 19.8 Å². The predicted octanol–water partition coefficient (Wildman–Crippen LogP) is 2.65. The number of nitrogens with zero attached hydrogens (tertiary/aromatic N) is 1. The molecular formula is C18H29N3O5. The first-order valence-electron chi connectivity index (χ1n) is 8.91. The Kier molecular flexibility index (Phi) is 5.73.